The molecular weight excluding hydrogens is 350 g/mol. The fourth-order valence-electron chi connectivity index (χ4n) is 2.60. The summed E-state index contributed by atoms with van der Waals surface area (Å²) < 4.78 is 1.71. The van der Waals surface area contributed by atoms with E-state index in [9.17, 15) is 4.79 Å². The molecule has 1 N–H and O–H groups in total. The molecule has 1 amide bonds. The third-order valence-electron chi connectivity index (χ3n) is 4.24. The van der Waals surface area contributed by atoms with Gasteiger partial charge in [0.2, 0.25) is 5.91 Å². The summed E-state index contributed by atoms with van der Waals surface area (Å²) >= 11 is 5.86. The molecule has 2 aromatic carbocycles. The van der Waals surface area contributed by atoms with Gasteiger partial charge in [-0.25, -0.2) is 9.67 Å². The molecular formula is C19H20ClN5O. The van der Waals surface area contributed by atoms with Gasteiger partial charge < -0.3 is 5.32 Å². The van der Waals surface area contributed by atoms with E-state index in [1.807, 2.05) is 36.2 Å². The first-order valence-corrected chi connectivity index (χ1v) is 8.61. The van der Waals surface area contributed by atoms with Crippen molar-refractivity contribution >= 4 is 23.2 Å². The zero-order valence-corrected chi connectivity index (χ0v) is 15.4. The molecule has 0 saturated carbocycles. The van der Waals surface area contributed by atoms with Crippen LogP contribution < -0.4 is 5.32 Å². The highest BCUT2D eigenvalue weighted by Gasteiger charge is 2.15. The molecule has 0 saturated heterocycles. The van der Waals surface area contributed by atoms with Crippen LogP contribution in [0.3, 0.4) is 0 Å². The lowest BCUT2D eigenvalue weighted by molar-refractivity contribution is -0.117. The quantitative estimate of drug-likeness (QED) is 0.721. The topological polar surface area (TPSA) is 63.1 Å². The lowest BCUT2D eigenvalue weighted by Crippen LogP contribution is -2.32. The first-order chi connectivity index (χ1) is 12.5. The van der Waals surface area contributed by atoms with E-state index in [1.165, 1.54) is 6.33 Å². The number of halogens is 1. The fraction of sp³-hybridized carbons (Fsp3) is 0.211. The molecule has 1 heterocycles. The Labute approximate surface area is 157 Å². The third kappa shape index (κ3) is 4.47. The number of hydrogen-bond acceptors (Lipinski definition) is 4. The first kappa shape index (κ1) is 18.1. The number of hydrogen-bond donors (Lipinski definition) is 1. The van der Waals surface area contributed by atoms with Crippen molar-refractivity contribution in [1.82, 2.24) is 19.7 Å². The second kappa shape index (κ2) is 8.12. The molecule has 134 valence electrons. The summed E-state index contributed by atoms with van der Waals surface area (Å²) in [5.74, 6) is -0.0686. The van der Waals surface area contributed by atoms with E-state index in [0.717, 1.165) is 16.9 Å². The van der Waals surface area contributed by atoms with E-state index in [0.29, 0.717) is 5.02 Å². The van der Waals surface area contributed by atoms with Crippen molar-refractivity contribution in [3.8, 4) is 5.69 Å². The van der Waals surface area contributed by atoms with Gasteiger partial charge >= 0.3 is 0 Å². The Morgan fingerprint density at radius 3 is 2.50 bits per heavy atom. The van der Waals surface area contributed by atoms with Crippen LogP contribution in [0.1, 0.15) is 18.5 Å². The molecule has 0 aliphatic rings. The lowest BCUT2D eigenvalue weighted by atomic mass is 10.1. The van der Waals surface area contributed by atoms with Gasteiger partial charge in [-0.2, -0.15) is 5.10 Å². The van der Waals surface area contributed by atoms with E-state index >= 15 is 0 Å². The summed E-state index contributed by atoms with van der Waals surface area (Å²) in [5.41, 5.74) is 2.80. The number of likely N-dealkylation sites (N-methyl/N-ethyl adjacent to an activating group) is 1. The number of anilines is 1. The number of benzene rings is 2. The van der Waals surface area contributed by atoms with Gasteiger partial charge in [-0.1, -0.05) is 23.7 Å². The molecule has 3 aromatic rings. The Balaban J connectivity index is 1.59. The predicted molar refractivity (Wildman–Crippen MR) is 102 cm³/mol. The van der Waals surface area contributed by atoms with Crippen molar-refractivity contribution in [3.05, 3.63) is 71.8 Å². The SMILES string of the molecule is C[C@H](c1ccc(-n2cncn2)cc1)N(C)CC(=O)Nc1ccc(Cl)cc1. The van der Waals surface area contributed by atoms with E-state index in [-0.39, 0.29) is 18.5 Å². The van der Waals surface area contributed by atoms with Crippen LogP contribution in [0.4, 0.5) is 5.69 Å². The van der Waals surface area contributed by atoms with E-state index in [2.05, 4.69) is 22.3 Å². The van der Waals surface area contributed by atoms with Gasteiger partial charge in [0.05, 0.1) is 12.2 Å². The average molecular weight is 370 g/mol. The molecule has 0 unspecified atom stereocenters. The van der Waals surface area contributed by atoms with Crippen LogP contribution in [0.2, 0.25) is 5.02 Å². The highest BCUT2D eigenvalue weighted by atomic mass is 35.5. The Kier molecular flexibility index (Phi) is 5.65. The highest BCUT2D eigenvalue weighted by Crippen LogP contribution is 2.20. The first-order valence-electron chi connectivity index (χ1n) is 8.23. The zero-order chi connectivity index (χ0) is 18.5. The molecule has 7 heteroatoms. The number of nitrogens with zero attached hydrogens (tertiary/aromatic N) is 4. The van der Waals surface area contributed by atoms with Crippen LogP contribution in [-0.4, -0.2) is 39.2 Å². The summed E-state index contributed by atoms with van der Waals surface area (Å²) in [6, 6.07) is 15.2. The minimum atomic E-state index is -0.0686. The molecule has 0 fully saturated rings. The molecule has 1 atom stereocenters. The zero-order valence-electron chi connectivity index (χ0n) is 14.6. The molecule has 1 aromatic heterocycles. The Hall–Kier alpha value is -2.70. The van der Waals surface area contributed by atoms with Gasteiger partial charge in [0.15, 0.2) is 0 Å². The van der Waals surface area contributed by atoms with Gasteiger partial charge in [0, 0.05) is 16.8 Å². The number of carbonyl (C=O) groups is 1. The number of amides is 1. The fourth-order valence-corrected chi connectivity index (χ4v) is 2.72. The third-order valence-corrected chi connectivity index (χ3v) is 4.49. The second-order valence-electron chi connectivity index (χ2n) is 6.08. The molecule has 0 spiro atoms. The van der Waals surface area contributed by atoms with E-state index < -0.39 is 0 Å². The van der Waals surface area contributed by atoms with Crippen molar-refractivity contribution in [1.29, 1.82) is 0 Å². The molecule has 0 radical (unpaired) electrons. The van der Waals surface area contributed by atoms with Crippen molar-refractivity contribution in [2.75, 3.05) is 18.9 Å². The van der Waals surface area contributed by atoms with Crippen LogP contribution in [0.15, 0.2) is 61.2 Å². The van der Waals surface area contributed by atoms with Crippen molar-refractivity contribution in [3.63, 3.8) is 0 Å². The van der Waals surface area contributed by atoms with Crippen molar-refractivity contribution in [2.24, 2.45) is 0 Å². The minimum Gasteiger partial charge on any atom is -0.325 e. The summed E-state index contributed by atoms with van der Waals surface area (Å²) in [5, 5.41) is 7.63. The Morgan fingerprint density at radius 1 is 1.19 bits per heavy atom. The summed E-state index contributed by atoms with van der Waals surface area (Å²) in [4.78, 5) is 18.2. The van der Waals surface area contributed by atoms with Gasteiger partial charge in [-0.3, -0.25) is 9.69 Å². The largest absolute Gasteiger partial charge is 0.325 e. The maximum Gasteiger partial charge on any atom is 0.238 e. The average Bonchev–Trinajstić information content (AvgIpc) is 3.18. The number of aromatic nitrogens is 3. The predicted octanol–water partition coefficient (Wildman–Crippen LogP) is 3.55. The lowest BCUT2D eigenvalue weighted by Gasteiger charge is -2.24. The van der Waals surface area contributed by atoms with Gasteiger partial charge in [-0.05, 0) is 55.9 Å². The molecule has 0 aliphatic carbocycles. The van der Waals surface area contributed by atoms with E-state index in [4.69, 9.17) is 11.6 Å². The van der Waals surface area contributed by atoms with Crippen molar-refractivity contribution in [2.45, 2.75) is 13.0 Å². The number of nitrogens with one attached hydrogen (secondary N) is 1. The normalized spacial score (nSPS) is 12.2. The van der Waals surface area contributed by atoms with Crippen LogP contribution in [-0.2, 0) is 4.79 Å². The molecule has 0 bridgehead atoms. The van der Waals surface area contributed by atoms with Gasteiger partial charge in [0.25, 0.3) is 0 Å². The van der Waals surface area contributed by atoms with Crippen molar-refractivity contribution < 1.29 is 4.79 Å². The number of carbonyl (C=O) groups excluding carboxylic acids is 1. The molecule has 26 heavy (non-hydrogen) atoms. The monoisotopic (exact) mass is 369 g/mol. The summed E-state index contributed by atoms with van der Waals surface area (Å²) in [6.07, 6.45) is 3.16. The molecule has 0 aliphatic heterocycles. The van der Waals surface area contributed by atoms with Crippen LogP contribution in [0, 0.1) is 0 Å². The smallest absolute Gasteiger partial charge is 0.238 e. The summed E-state index contributed by atoms with van der Waals surface area (Å²) in [6.45, 7) is 2.36. The molecule has 3 rings (SSSR count). The Bertz CT molecular complexity index is 847. The van der Waals surface area contributed by atoms with Crippen LogP contribution in [0.5, 0.6) is 0 Å². The second-order valence-corrected chi connectivity index (χ2v) is 6.51. The van der Waals surface area contributed by atoms with Crippen LogP contribution in [0.25, 0.3) is 5.69 Å². The molecule has 6 nitrogen and oxygen atoms in total. The Morgan fingerprint density at radius 2 is 1.88 bits per heavy atom. The van der Waals surface area contributed by atoms with Gasteiger partial charge in [-0.15, -0.1) is 0 Å². The highest BCUT2D eigenvalue weighted by molar-refractivity contribution is 6.30. The van der Waals surface area contributed by atoms with Gasteiger partial charge in [0.1, 0.15) is 12.7 Å². The minimum absolute atomic E-state index is 0.0686. The maximum atomic E-state index is 12.2. The number of rotatable bonds is 6. The van der Waals surface area contributed by atoms with E-state index in [1.54, 1.807) is 35.3 Å². The summed E-state index contributed by atoms with van der Waals surface area (Å²) in [7, 11) is 1.93. The van der Waals surface area contributed by atoms with Crippen LogP contribution >= 0.6 is 11.6 Å². The maximum absolute atomic E-state index is 12.2. The standard InChI is InChI=1S/C19H20ClN5O/c1-14(15-3-9-18(10-4-15)25-13-21-12-22-25)24(2)11-19(26)23-17-7-5-16(20)6-8-17/h3-10,12-14H,11H2,1-2H3,(H,23,26)/t14-/m1/s1.